The molecule has 0 fully saturated rings. The van der Waals surface area contributed by atoms with Crippen LogP contribution in [-0.2, 0) is 6.18 Å². The van der Waals surface area contributed by atoms with Crippen molar-refractivity contribution in [1.82, 2.24) is 5.43 Å². The van der Waals surface area contributed by atoms with Gasteiger partial charge in [0.25, 0.3) is 5.91 Å². The maximum absolute atomic E-state index is 12.8. The van der Waals surface area contributed by atoms with Crippen molar-refractivity contribution in [2.45, 2.75) is 6.18 Å². The van der Waals surface area contributed by atoms with Gasteiger partial charge in [0.05, 0.1) is 16.8 Å². The van der Waals surface area contributed by atoms with Gasteiger partial charge in [0, 0.05) is 4.47 Å². The zero-order valence-electron chi connectivity index (χ0n) is 10.5. The van der Waals surface area contributed by atoms with Crippen molar-refractivity contribution in [2.75, 3.05) is 5.43 Å². The van der Waals surface area contributed by atoms with Crippen LogP contribution in [0, 0.1) is 0 Å². The minimum absolute atomic E-state index is 0.217. The van der Waals surface area contributed by atoms with E-state index in [1.54, 1.807) is 24.3 Å². The lowest BCUT2D eigenvalue weighted by atomic mass is 10.2. The number of hydrogen-bond donors (Lipinski definition) is 2. The summed E-state index contributed by atoms with van der Waals surface area (Å²) in [7, 11) is 0. The lowest BCUT2D eigenvalue weighted by Crippen LogP contribution is -2.30. The van der Waals surface area contributed by atoms with E-state index in [0.717, 1.165) is 6.07 Å². The normalized spacial score (nSPS) is 11.0. The molecule has 7 heteroatoms. The second-order valence-electron chi connectivity index (χ2n) is 4.10. The van der Waals surface area contributed by atoms with Crippen molar-refractivity contribution in [3.63, 3.8) is 0 Å². The third-order valence-electron chi connectivity index (χ3n) is 2.66. The van der Waals surface area contributed by atoms with E-state index in [9.17, 15) is 18.0 Å². The molecule has 21 heavy (non-hydrogen) atoms. The minimum atomic E-state index is -4.50. The molecule has 0 spiro atoms. The standard InChI is InChI=1S/C14H10BrF3N2O/c15-11-7-3-1-5-9(11)13(21)20-19-12-8-4-2-6-10(12)14(16,17)18/h1-8,19H,(H,20,21). The number of alkyl halides is 3. The first-order valence-corrected chi connectivity index (χ1v) is 6.66. The number of para-hydroxylation sites is 1. The van der Waals surface area contributed by atoms with Crippen LogP contribution in [0.3, 0.4) is 0 Å². The molecule has 2 aromatic carbocycles. The van der Waals surface area contributed by atoms with Crippen LogP contribution in [0.1, 0.15) is 15.9 Å². The van der Waals surface area contributed by atoms with E-state index in [2.05, 4.69) is 26.8 Å². The average Bonchev–Trinajstić information content (AvgIpc) is 2.44. The SMILES string of the molecule is O=C(NNc1ccccc1C(F)(F)F)c1ccccc1Br. The Balaban J connectivity index is 2.14. The molecule has 2 aromatic rings. The topological polar surface area (TPSA) is 41.1 Å². The number of rotatable bonds is 3. The predicted molar refractivity (Wildman–Crippen MR) is 76.7 cm³/mol. The van der Waals surface area contributed by atoms with Crippen molar-refractivity contribution in [3.05, 3.63) is 64.1 Å². The fourth-order valence-corrected chi connectivity index (χ4v) is 2.14. The van der Waals surface area contributed by atoms with Gasteiger partial charge in [-0.1, -0.05) is 24.3 Å². The third kappa shape index (κ3) is 3.75. The van der Waals surface area contributed by atoms with Crippen LogP contribution in [0.25, 0.3) is 0 Å². The molecule has 0 aliphatic heterocycles. The Labute approximate surface area is 127 Å². The Hall–Kier alpha value is -2.02. The summed E-state index contributed by atoms with van der Waals surface area (Å²) in [5.41, 5.74) is 3.80. The molecule has 0 saturated heterocycles. The van der Waals surface area contributed by atoms with Crippen LogP contribution in [0.5, 0.6) is 0 Å². The largest absolute Gasteiger partial charge is 0.418 e. The highest BCUT2D eigenvalue weighted by molar-refractivity contribution is 9.10. The van der Waals surface area contributed by atoms with Gasteiger partial charge in [-0.25, -0.2) is 0 Å². The molecular formula is C14H10BrF3N2O. The van der Waals surface area contributed by atoms with Crippen molar-refractivity contribution in [2.24, 2.45) is 0 Å². The molecule has 0 aliphatic carbocycles. The summed E-state index contributed by atoms with van der Waals surface area (Å²) in [5.74, 6) is -0.542. The summed E-state index contributed by atoms with van der Waals surface area (Å²) >= 11 is 3.20. The molecule has 0 unspecified atom stereocenters. The highest BCUT2D eigenvalue weighted by atomic mass is 79.9. The molecular weight excluding hydrogens is 349 g/mol. The molecule has 3 nitrogen and oxygen atoms in total. The monoisotopic (exact) mass is 358 g/mol. The maximum atomic E-state index is 12.8. The molecule has 0 saturated carbocycles. The van der Waals surface area contributed by atoms with E-state index < -0.39 is 17.6 Å². The van der Waals surface area contributed by atoms with Crippen molar-refractivity contribution >= 4 is 27.5 Å². The van der Waals surface area contributed by atoms with Crippen LogP contribution < -0.4 is 10.9 Å². The quantitative estimate of drug-likeness (QED) is 0.806. The van der Waals surface area contributed by atoms with Gasteiger partial charge in [-0.3, -0.25) is 15.6 Å². The zero-order valence-corrected chi connectivity index (χ0v) is 12.1. The van der Waals surface area contributed by atoms with E-state index in [0.29, 0.717) is 10.0 Å². The highest BCUT2D eigenvalue weighted by Crippen LogP contribution is 2.34. The fraction of sp³-hybridized carbons (Fsp3) is 0.0714. The summed E-state index contributed by atoms with van der Waals surface area (Å²) in [6, 6.07) is 11.5. The van der Waals surface area contributed by atoms with E-state index in [4.69, 9.17) is 0 Å². The zero-order chi connectivity index (χ0) is 15.5. The van der Waals surface area contributed by atoms with Gasteiger partial charge < -0.3 is 0 Å². The molecule has 1 amide bonds. The summed E-state index contributed by atoms with van der Waals surface area (Å²) in [6.45, 7) is 0. The average molecular weight is 359 g/mol. The lowest BCUT2D eigenvalue weighted by molar-refractivity contribution is -0.137. The molecule has 2 rings (SSSR count). The first kappa shape index (κ1) is 15.4. The van der Waals surface area contributed by atoms with Gasteiger partial charge in [0.2, 0.25) is 0 Å². The van der Waals surface area contributed by atoms with Crippen LogP contribution in [0.2, 0.25) is 0 Å². The molecule has 0 aromatic heterocycles. The van der Waals surface area contributed by atoms with E-state index in [1.807, 2.05) is 0 Å². The summed E-state index contributed by atoms with van der Waals surface area (Å²) in [5, 5.41) is 0. The van der Waals surface area contributed by atoms with Gasteiger partial charge in [0.1, 0.15) is 0 Å². The van der Waals surface area contributed by atoms with Crippen LogP contribution in [-0.4, -0.2) is 5.91 Å². The van der Waals surface area contributed by atoms with Gasteiger partial charge in [-0.15, -0.1) is 0 Å². The lowest BCUT2D eigenvalue weighted by Gasteiger charge is -2.15. The molecule has 0 aliphatic rings. The van der Waals surface area contributed by atoms with E-state index in [-0.39, 0.29) is 5.69 Å². The number of benzene rings is 2. The van der Waals surface area contributed by atoms with Gasteiger partial charge in [-0.05, 0) is 40.2 Å². The van der Waals surface area contributed by atoms with Crippen LogP contribution in [0.4, 0.5) is 18.9 Å². The Morgan fingerprint density at radius 1 is 1.00 bits per heavy atom. The molecule has 0 bridgehead atoms. The molecule has 0 heterocycles. The van der Waals surface area contributed by atoms with Gasteiger partial charge >= 0.3 is 6.18 Å². The minimum Gasteiger partial charge on any atom is -0.298 e. The molecule has 0 radical (unpaired) electrons. The first-order chi connectivity index (χ1) is 9.89. The summed E-state index contributed by atoms with van der Waals surface area (Å²) in [4.78, 5) is 11.9. The Morgan fingerprint density at radius 2 is 1.62 bits per heavy atom. The second-order valence-corrected chi connectivity index (χ2v) is 4.96. The number of carbonyl (C=O) groups excluding carboxylic acids is 1. The molecule has 0 atom stereocenters. The number of anilines is 1. The number of hydrogen-bond acceptors (Lipinski definition) is 2. The Bertz CT molecular complexity index is 659. The number of carbonyl (C=O) groups is 1. The smallest absolute Gasteiger partial charge is 0.298 e. The molecule has 2 N–H and O–H groups in total. The fourth-order valence-electron chi connectivity index (χ4n) is 1.68. The van der Waals surface area contributed by atoms with E-state index >= 15 is 0 Å². The maximum Gasteiger partial charge on any atom is 0.418 e. The van der Waals surface area contributed by atoms with Crippen LogP contribution in [0.15, 0.2) is 53.0 Å². The molecule has 110 valence electrons. The Kier molecular flexibility index (Phi) is 4.52. The first-order valence-electron chi connectivity index (χ1n) is 5.86. The van der Waals surface area contributed by atoms with Crippen molar-refractivity contribution < 1.29 is 18.0 Å². The van der Waals surface area contributed by atoms with Crippen molar-refractivity contribution in [1.29, 1.82) is 0 Å². The summed E-state index contributed by atoms with van der Waals surface area (Å²) in [6.07, 6.45) is -4.50. The van der Waals surface area contributed by atoms with Crippen molar-refractivity contribution in [3.8, 4) is 0 Å². The Morgan fingerprint density at radius 3 is 2.29 bits per heavy atom. The number of hydrazine groups is 1. The predicted octanol–water partition coefficient (Wildman–Crippen LogP) is 4.22. The van der Waals surface area contributed by atoms with Gasteiger partial charge in [0.15, 0.2) is 0 Å². The number of nitrogens with one attached hydrogen (secondary N) is 2. The third-order valence-corrected chi connectivity index (χ3v) is 3.35. The van der Waals surface area contributed by atoms with Crippen LogP contribution >= 0.6 is 15.9 Å². The number of amides is 1. The number of halogens is 4. The highest BCUT2D eigenvalue weighted by Gasteiger charge is 2.33. The second kappa shape index (κ2) is 6.17. The summed E-state index contributed by atoms with van der Waals surface area (Å²) < 4.78 is 38.9. The van der Waals surface area contributed by atoms with Gasteiger partial charge in [-0.2, -0.15) is 13.2 Å². The van der Waals surface area contributed by atoms with E-state index in [1.165, 1.54) is 18.2 Å².